The molecule has 5 nitrogen and oxygen atoms in total. The van der Waals surface area contributed by atoms with Crippen LogP contribution in [0.5, 0.6) is 0 Å². The summed E-state index contributed by atoms with van der Waals surface area (Å²) in [6, 6.07) is 6.67. The zero-order valence-corrected chi connectivity index (χ0v) is 14.4. The summed E-state index contributed by atoms with van der Waals surface area (Å²) in [6.45, 7) is 5.12. The van der Waals surface area contributed by atoms with Crippen LogP contribution >= 0.6 is 0 Å². The maximum absolute atomic E-state index is 13.1. The summed E-state index contributed by atoms with van der Waals surface area (Å²) < 4.78 is 18.8. The zero-order chi connectivity index (χ0) is 17.2. The number of rotatable bonds is 3. The van der Waals surface area contributed by atoms with E-state index in [1.807, 2.05) is 12.1 Å². The van der Waals surface area contributed by atoms with Crippen LogP contribution in [0.1, 0.15) is 18.4 Å². The molecule has 3 heterocycles. The summed E-state index contributed by atoms with van der Waals surface area (Å²) in [6.07, 6.45) is 2.02. The Morgan fingerprint density at radius 1 is 1.16 bits per heavy atom. The third-order valence-corrected chi connectivity index (χ3v) is 5.60. The predicted molar refractivity (Wildman–Crippen MR) is 89.9 cm³/mol. The van der Waals surface area contributed by atoms with Crippen molar-refractivity contribution in [1.29, 1.82) is 0 Å². The number of hydroxylamine groups is 2. The molecule has 0 aliphatic carbocycles. The molecule has 0 spiro atoms. The van der Waals surface area contributed by atoms with E-state index < -0.39 is 0 Å². The molecule has 3 fully saturated rings. The summed E-state index contributed by atoms with van der Waals surface area (Å²) in [5.41, 5.74) is 1.10. The van der Waals surface area contributed by atoms with Gasteiger partial charge in [-0.15, -0.1) is 0 Å². The molecule has 0 saturated carbocycles. The Morgan fingerprint density at radius 3 is 2.76 bits per heavy atom. The second-order valence-electron chi connectivity index (χ2n) is 7.37. The largest absolute Gasteiger partial charge is 0.380 e. The molecule has 25 heavy (non-hydrogen) atoms. The number of likely N-dealkylation sites (tertiary alicyclic amines) is 1. The maximum atomic E-state index is 13.1. The minimum atomic E-state index is -0.209. The normalized spacial score (nSPS) is 30.3. The number of carbonyl (C=O) groups excluding carboxylic acids is 1. The summed E-state index contributed by atoms with van der Waals surface area (Å²) in [5, 5.41) is 1.56. The van der Waals surface area contributed by atoms with Gasteiger partial charge in [0.1, 0.15) is 5.82 Å². The van der Waals surface area contributed by atoms with Crippen LogP contribution in [0.2, 0.25) is 0 Å². The molecule has 3 aliphatic heterocycles. The Kier molecular flexibility index (Phi) is 5.01. The molecule has 6 heteroatoms. The van der Waals surface area contributed by atoms with Gasteiger partial charge in [0, 0.05) is 26.2 Å². The Labute approximate surface area is 147 Å². The van der Waals surface area contributed by atoms with E-state index in [-0.39, 0.29) is 17.6 Å². The standard InChI is InChI=1S/C19H25FN2O3/c20-16-5-3-14(4-6-16)9-21-10-15-12-24-13-18(17(15)11-21)19(23)22-7-1-2-8-25-22/h3-6,15,17-18H,1-2,7-13H2/t15-,17-,18-/m1/s1. The fourth-order valence-corrected chi connectivity index (χ4v) is 4.28. The number of hydrogen-bond acceptors (Lipinski definition) is 4. The molecule has 1 amide bonds. The van der Waals surface area contributed by atoms with Gasteiger partial charge in [-0.1, -0.05) is 12.1 Å². The van der Waals surface area contributed by atoms with E-state index in [1.165, 1.54) is 12.1 Å². The van der Waals surface area contributed by atoms with Crippen LogP contribution in [-0.4, -0.2) is 55.3 Å². The van der Waals surface area contributed by atoms with Crippen molar-refractivity contribution in [2.45, 2.75) is 19.4 Å². The quantitative estimate of drug-likeness (QED) is 0.839. The first-order valence-corrected chi connectivity index (χ1v) is 9.19. The van der Waals surface area contributed by atoms with E-state index >= 15 is 0 Å². The number of hydrogen-bond donors (Lipinski definition) is 0. The lowest BCUT2D eigenvalue weighted by Gasteiger charge is -2.36. The van der Waals surface area contributed by atoms with Gasteiger partial charge in [-0.25, -0.2) is 9.45 Å². The Hall–Kier alpha value is -1.50. The number of benzene rings is 1. The first-order valence-electron chi connectivity index (χ1n) is 9.19. The van der Waals surface area contributed by atoms with Crippen LogP contribution in [0.4, 0.5) is 4.39 Å². The summed E-state index contributed by atoms with van der Waals surface area (Å²) in [7, 11) is 0. The lowest BCUT2D eigenvalue weighted by molar-refractivity contribution is -0.207. The average molecular weight is 348 g/mol. The topological polar surface area (TPSA) is 42.0 Å². The molecule has 3 saturated heterocycles. The maximum Gasteiger partial charge on any atom is 0.251 e. The van der Waals surface area contributed by atoms with Crippen molar-refractivity contribution in [3.8, 4) is 0 Å². The predicted octanol–water partition coefficient (Wildman–Crippen LogP) is 2.07. The average Bonchev–Trinajstić information content (AvgIpc) is 3.06. The van der Waals surface area contributed by atoms with Crippen molar-refractivity contribution in [3.05, 3.63) is 35.6 Å². The molecule has 1 aromatic rings. The molecule has 0 bridgehead atoms. The molecule has 0 radical (unpaired) electrons. The summed E-state index contributed by atoms with van der Waals surface area (Å²) in [5.74, 6) is 0.452. The minimum Gasteiger partial charge on any atom is -0.380 e. The lowest BCUT2D eigenvalue weighted by atomic mass is 9.82. The first kappa shape index (κ1) is 16.9. The highest BCUT2D eigenvalue weighted by molar-refractivity contribution is 5.78. The van der Waals surface area contributed by atoms with Gasteiger partial charge in [0.05, 0.1) is 25.7 Å². The van der Waals surface area contributed by atoms with Crippen molar-refractivity contribution in [1.82, 2.24) is 9.96 Å². The van der Waals surface area contributed by atoms with Crippen LogP contribution < -0.4 is 0 Å². The van der Waals surface area contributed by atoms with Crippen LogP contribution in [0.15, 0.2) is 24.3 Å². The van der Waals surface area contributed by atoms with Crippen molar-refractivity contribution in [2.75, 3.05) is 39.5 Å². The van der Waals surface area contributed by atoms with Gasteiger partial charge in [-0.05, 0) is 42.4 Å². The third-order valence-electron chi connectivity index (χ3n) is 5.60. The Balaban J connectivity index is 1.41. The van der Waals surface area contributed by atoms with Crippen molar-refractivity contribution in [2.24, 2.45) is 17.8 Å². The van der Waals surface area contributed by atoms with E-state index in [0.29, 0.717) is 31.6 Å². The van der Waals surface area contributed by atoms with E-state index in [2.05, 4.69) is 4.90 Å². The van der Waals surface area contributed by atoms with Gasteiger partial charge in [0.25, 0.3) is 5.91 Å². The Bertz CT molecular complexity index is 603. The zero-order valence-electron chi connectivity index (χ0n) is 14.4. The molecule has 0 N–H and O–H groups in total. The van der Waals surface area contributed by atoms with Crippen LogP contribution in [0.25, 0.3) is 0 Å². The Morgan fingerprint density at radius 2 is 2.00 bits per heavy atom. The minimum absolute atomic E-state index is 0.0815. The fraction of sp³-hybridized carbons (Fsp3) is 0.632. The lowest BCUT2D eigenvalue weighted by Crippen LogP contribution is -2.47. The van der Waals surface area contributed by atoms with Gasteiger partial charge in [0.2, 0.25) is 0 Å². The van der Waals surface area contributed by atoms with Crippen molar-refractivity contribution in [3.63, 3.8) is 0 Å². The van der Waals surface area contributed by atoms with Crippen LogP contribution in [-0.2, 0) is 20.9 Å². The molecule has 0 unspecified atom stereocenters. The molecular formula is C19H25FN2O3. The molecule has 3 aliphatic rings. The van der Waals surface area contributed by atoms with Crippen LogP contribution in [0.3, 0.4) is 0 Å². The second-order valence-corrected chi connectivity index (χ2v) is 7.37. The number of halogens is 1. The van der Waals surface area contributed by atoms with Gasteiger partial charge in [0.15, 0.2) is 0 Å². The molecule has 3 atom stereocenters. The number of ether oxygens (including phenoxy) is 1. The number of nitrogens with zero attached hydrogens (tertiary/aromatic N) is 2. The number of carbonyl (C=O) groups is 1. The fourth-order valence-electron chi connectivity index (χ4n) is 4.28. The SMILES string of the molecule is O=C([C@@H]1COC[C@H]2CN(Cc3ccc(F)cc3)C[C@H]21)N1CCCCO1. The summed E-state index contributed by atoms with van der Waals surface area (Å²) in [4.78, 5) is 20.8. The smallest absolute Gasteiger partial charge is 0.251 e. The van der Waals surface area contributed by atoms with E-state index in [1.54, 1.807) is 5.06 Å². The van der Waals surface area contributed by atoms with E-state index in [0.717, 1.165) is 44.6 Å². The molecule has 136 valence electrons. The highest BCUT2D eigenvalue weighted by Gasteiger charge is 2.45. The van der Waals surface area contributed by atoms with Gasteiger partial charge in [-0.3, -0.25) is 14.5 Å². The van der Waals surface area contributed by atoms with E-state index in [9.17, 15) is 9.18 Å². The number of fused-ring (bicyclic) bond motifs is 1. The molecule has 0 aromatic heterocycles. The molecule has 1 aromatic carbocycles. The van der Waals surface area contributed by atoms with Gasteiger partial charge in [-0.2, -0.15) is 0 Å². The van der Waals surface area contributed by atoms with E-state index in [4.69, 9.17) is 9.57 Å². The number of amides is 1. The van der Waals surface area contributed by atoms with Crippen molar-refractivity contribution >= 4 is 5.91 Å². The highest BCUT2D eigenvalue weighted by Crippen LogP contribution is 2.36. The highest BCUT2D eigenvalue weighted by atomic mass is 19.1. The van der Waals surface area contributed by atoms with Crippen molar-refractivity contribution < 1.29 is 18.8 Å². The van der Waals surface area contributed by atoms with Gasteiger partial charge < -0.3 is 4.74 Å². The first-order chi connectivity index (χ1) is 12.2. The monoisotopic (exact) mass is 348 g/mol. The van der Waals surface area contributed by atoms with Crippen LogP contribution in [0, 0.1) is 23.6 Å². The molecule has 4 rings (SSSR count). The summed E-state index contributed by atoms with van der Waals surface area (Å²) >= 11 is 0. The third kappa shape index (κ3) is 3.71. The van der Waals surface area contributed by atoms with Gasteiger partial charge >= 0.3 is 0 Å². The second kappa shape index (κ2) is 7.40. The molecular weight excluding hydrogens is 323 g/mol.